The molecule has 0 saturated heterocycles. The molecule has 0 aromatic heterocycles. The number of carboxylic acids is 1. The Balaban J connectivity index is 1.48. The van der Waals surface area contributed by atoms with Crippen LogP contribution in [0.4, 0.5) is 10.5 Å². The van der Waals surface area contributed by atoms with Gasteiger partial charge in [-0.05, 0) is 53.9 Å². The number of phenols is 1. The molecule has 192 valence electrons. The highest BCUT2D eigenvalue weighted by atomic mass is 16.7. The highest BCUT2D eigenvalue weighted by Crippen LogP contribution is 2.34. The monoisotopic (exact) mass is 505 g/mol. The zero-order valence-corrected chi connectivity index (χ0v) is 20.2. The maximum Gasteiger partial charge on any atom is 0.322 e. The molecule has 0 radical (unpaired) electrons. The standard InChI is InChI=1S/C27H27N3O7/c1-17-12-19(4-8-22(17)31)15-30(27(35)29-21-7-9-23-24(13-21)37-16-36-23)14-18-2-5-20(6-3-18)26(34)28-11-10-25(32)33/h2-9,12-13,31H,10-11,14-16H2,1H3,(H,28,34)(H,29,35)(H,32,33). The van der Waals surface area contributed by atoms with E-state index in [0.717, 1.165) is 11.1 Å². The van der Waals surface area contributed by atoms with Crippen LogP contribution in [0.3, 0.4) is 0 Å². The molecule has 1 heterocycles. The molecule has 0 atom stereocenters. The van der Waals surface area contributed by atoms with E-state index in [1.54, 1.807) is 66.4 Å². The summed E-state index contributed by atoms with van der Waals surface area (Å²) in [6, 6.07) is 16.7. The van der Waals surface area contributed by atoms with Crippen molar-refractivity contribution in [3.8, 4) is 17.2 Å². The number of amides is 3. The number of aliphatic carboxylic acids is 1. The number of hydrogen-bond acceptors (Lipinski definition) is 6. The summed E-state index contributed by atoms with van der Waals surface area (Å²) in [4.78, 5) is 37.8. The van der Waals surface area contributed by atoms with Crippen molar-refractivity contribution < 1.29 is 34.1 Å². The van der Waals surface area contributed by atoms with Crippen LogP contribution in [0.2, 0.25) is 0 Å². The first-order valence-electron chi connectivity index (χ1n) is 11.6. The van der Waals surface area contributed by atoms with Gasteiger partial charge in [0.1, 0.15) is 5.75 Å². The van der Waals surface area contributed by atoms with Gasteiger partial charge in [0, 0.05) is 37.0 Å². The van der Waals surface area contributed by atoms with E-state index < -0.39 is 5.97 Å². The number of nitrogens with zero attached hydrogens (tertiary/aromatic N) is 1. The van der Waals surface area contributed by atoms with Crippen LogP contribution >= 0.6 is 0 Å². The van der Waals surface area contributed by atoms with Crippen molar-refractivity contribution in [1.29, 1.82) is 0 Å². The van der Waals surface area contributed by atoms with Crippen molar-refractivity contribution in [3.05, 3.63) is 82.9 Å². The molecule has 10 nitrogen and oxygen atoms in total. The lowest BCUT2D eigenvalue weighted by Gasteiger charge is -2.24. The van der Waals surface area contributed by atoms with Gasteiger partial charge in [0.25, 0.3) is 5.91 Å². The second-order valence-corrected chi connectivity index (χ2v) is 8.57. The van der Waals surface area contributed by atoms with Gasteiger partial charge in [0.2, 0.25) is 6.79 Å². The summed E-state index contributed by atoms with van der Waals surface area (Å²) in [5, 5.41) is 24.0. The van der Waals surface area contributed by atoms with E-state index in [1.807, 2.05) is 6.07 Å². The molecule has 10 heteroatoms. The summed E-state index contributed by atoms with van der Waals surface area (Å²) in [5.41, 5.74) is 3.27. The molecular formula is C27H27N3O7. The average molecular weight is 506 g/mol. The van der Waals surface area contributed by atoms with Gasteiger partial charge in [-0.3, -0.25) is 9.59 Å². The number of hydrogen-bond donors (Lipinski definition) is 4. The van der Waals surface area contributed by atoms with Crippen LogP contribution in [0.25, 0.3) is 0 Å². The number of nitrogens with one attached hydrogen (secondary N) is 2. The third kappa shape index (κ3) is 6.69. The maximum atomic E-state index is 13.3. The van der Waals surface area contributed by atoms with E-state index >= 15 is 0 Å². The van der Waals surface area contributed by atoms with Crippen LogP contribution in [-0.2, 0) is 17.9 Å². The lowest BCUT2D eigenvalue weighted by Crippen LogP contribution is -2.34. The molecule has 4 N–H and O–H groups in total. The molecule has 0 unspecified atom stereocenters. The molecule has 1 aliphatic rings. The molecule has 4 rings (SSSR count). The highest BCUT2D eigenvalue weighted by Gasteiger charge is 2.19. The van der Waals surface area contributed by atoms with E-state index in [-0.39, 0.29) is 50.5 Å². The molecule has 0 spiro atoms. The normalized spacial score (nSPS) is 11.6. The Kier molecular flexibility index (Phi) is 7.77. The molecule has 3 amide bonds. The van der Waals surface area contributed by atoms with Gasteiger partial charge in [-0.2, -0.15) is 0 Å². The van der Waals surface area contributed by atoms with E-state index in [0.29, 0.717) is 28.3 Å². The summed E-state index contributed by atoms with van der Waals surface area (Å²) < 4.78 is 10.7. The number of carboxylic acid groups (broad SMARTS) is 1. The molecule has 0 bridgehead atoms. The van der Waals surface area contributed by atoms with Crippen molar-refractivity contribution in [2.75, 3.05) is 18.7 Å². The lowest BCUT2D eigenvalue weighted by atomic mass is 10.1. The first kappa shape index (κ1) is 25.4. The Morgan fingerprint density at radius 2 is 1.62 bits per heavy atom. The topological polar surface area (TPSA) is 137 Å². The van der Waals surface area contributed by atoms with Crippen LogP contribution in [0.15, 0.2) is 60.7 Å². The minimum Gasteiger partial charge on any atom is -0.508 e. The first-order valence-corrected chi connectivity index (χ1v) is 11.6. The van der Waals surface area contributed by atoms with Gasteiger partial charge in [0.15, 0.2) is 11.5 Å². The van der Waals surface area contributed by atoms with Crippen LogP contribution in [-0.4, -0.2) is 46.4 Å². The number of benzene rings is 3. The van der Waals surface area contributed by atoms with Crippen LogP contribution in [0, 0.1) is 6.92 Å². The average Bonchev–Trinajstić information content (AvgIpc) is 3.34. The fourth-order valence-electron chi connectivity index (χ4n) is 3.78. The summed E-state index contributed by atoms with van der Waals surface area (Å²) in [5.74, 6) is -0.0158. The van der Waals surface area contributed by atoms with Gasteiger partial charge in [-0.15, -0.1) is 0 Å². The first-order chi connectivity index (χ1) is 17.8. The fraction of sp³-hybridized carbons (Fsp3) is 0.222. The molecule has 3 aromatic carbocycles. The number of aryl methyl sites for hydroxylation is 1. The summed E-state index contributed by atoms with van der Waals surface area (Å²) >= 11 is 0. The van der Waals surface area contributed by atoms with Gasteiger partial charge >= 0.3 is 12.0 Å². The summed E-state index contributed by atoms with van der Waals surface area (Å²) in [6.45, 7) is 2.48. The summed E-state index contributed by atoms with van der Waals surface area (Å²) in [7, 11) is 0. The minimum absolute atomic E-state index is 0.0375. The van der Waals surface area contributed by atoms with Crippen molar-refractivity contribution >= 4 is 23.6 Å². The quantitative estimate of drug-likeness (QED) is 0.346. The number of rotatable bonds is 9. The molecule has 37 heavy (non-hydrogen) atoms. The van der Waals surface area contributed by atoms with Crippen molar-refractivity contribution in [2.24, 2.45) is 0 Å². The third-order valence-electron chi connectivity index (χ3n) is 5.76. The van der Waals surface area contributed by atoms with Crippen LogP contribution < -0.4 is 20.1 Å². The molecule has 1 aliphatic heterocycles. The Morgan fingerprint density at radius 3 is 2.35 bits per heavy atom. The number of carbonyl (C=O) groups excluding carboxylic acids is 2. The second kappa shape index (κ2) is 11.3. The van der Waals surface area contributed by atoms with Gasteiger partial charge < -0.3 is 35.2 Å². The van der Waals surface area contributed by atoms with Crippen LogP contribution in [0.1, 0.15) is 33.5 Å². The molecule has 0 saturated carbocycles. The number of carbonyl (C=O) groups is 3. The van der Waals surface area contributed by atoms with Crippen molar-refractivity contribution in [3.63, 3.8) is 0 Å². The number of aromatic hydroxyl groups is 1. The number of ether oxygens (including phenoxy) is 2. The second-order valence-electron chi connectivity index (χ2n) is 8.57. The third-order valence-corrected chi connectivity index (χ3v) is 5.76. The molecule has 0 fully saturated rings. The zero-order chi connectivity index (χ0) is 26.4. The Bertz CT molecular complexity index is 1310. The van der Waals surface area contributed by atoms with Crippen LogP contribution in [0.5, 0.6) is 17.2 Å². The molecule has 3 aromatic rings. The van der Waals surface area contributed by atoms with Gasteiger partial charge in [0.05, 0.1) is 6.42 Å². The number of fused-ring (bicyclic) bond motifs is 1. The Labute approximate surface area is 213 Å². The Hall–Kier alpha value is -4.73. The largest absolute Gasteiger partial charge is 0.508 e. The fourth-order valence-corrected chi connectivity index (χ4v) is 3.78. The lowest BCUT2D eigenvalue weighted by molar-refractivity contribution is -0.136. The summed E-state index contributed by atoms with van der Waals surface area (Å²) in [6.07, 6.45) is -0.159. The van der Waals surface area contributed by atoms with Gasteiger partial charge in [-0.25, -0.2) is 4.79 Å². The Morgan fingerprint density at radius 1 is 0.919 bits per heavy atom. The van der Waals surface area contributed by atoms with E-state index in [4.69, 9.17) is 14.6 Å². The van der Waals surface area contributed by atoms with E-state index in [2.05, 4.69) is 10.6 Å². The smallest absolute Gasteiger partial charge is 0.322 e. The van der Waals surface area contributed by atoms with Gasteiger partial charge in [-0.1, -0.05) is 24.3 Å². The molecule has 0 aliphatic carbocycles. The zero-order valence-electron chi connectivity index (χ0n) is 20.2. The number of anilines is 1. The van der Waals surface area contributed by atoms with E-state index in [9.17, 15) is 19.5 Å². The number of urea groups is 1. The van der Waals surface area contributed by atoms with Crippen molar-refractivity contribution in [2.45, 2.75) is 26.4 Å². The highest BCUT2D eigenvalue weighted by molar-refractivity contribution is 5.94. The minimum atomic E-state index is -0.987. The SMILES string of the molecule is Cc1cc(CN(Cc2ccc(C(=O)NCCC(=O)O)cc2)C(=O)Nc2ccc3c(c2)OCO3)ccc1O. The predicted octanol–water partition coefficient (Wildman–Crippen LogP) is 3.87. The van der Waals surface area contributed by atoms with Crippen molar-refractivity contribution in [1.82, 2.24) is 10.2 Å². The molecular weight excluding hydrogens is 478 g/mol. The predicted molar refractivity (Wildman–Crippen MR) is 135 cm³/mol. The number of phenolic OH excluding ortho intramolecular Hbond substituents is 1. The van der Waals surface area contributed by atoms with E-state index in [1.165, 1.54) is 0 Å². The maximum absolute atomic E-state index is 13.3.